The lowest BCUT2D eigenvalue weighted by atomic mass is 10.2. The van der Waals surface area contributed by atoms with E-state index in [-0.39, 0.29) is 26.9 Å². The number of anilines is 2. The van der Waals surface area contributed by atoms with Crippen molar-refractivity contribution in [1.29, 1.82) is 0 Å². The van der Waals surface area contributed by atoms with Gasteiger partial charge in [-0.2, -0.15) is 8.78 Å². The highest BCUT2D eigenvalue weighted by atomic mass is 35.5. The highest BCUT2D eigenvalue weighted by Crippen LogP contribution is 2.28. The quantitative estimate of drug-likeness (QED) is 0.404. The van der Waals surface area contributed by atoms with Crippen LogP contribution in [0.25, 0.3) is 0 Å². The van der Waals surface area contributed by atoms with E-state index >= 15 is 0 Å². The van der Waals surface area contributed by atoms with Crippen LogP contribution in [0.4, 0.5) is 20.2 Å². The maximum absolute atomic E-state index is 12.9. The first-order valence-electron chi connectivity index (χ1n) is 8.90. The fourth-order valence-electron chi connectivity index (χ4n) is 2.73. The zero-order chi connectivity index (χ0) is 22.6. The van der Waals surface area contributed by atoms with Crippen molar-refractivity contribution in [3.8, 4) is 0 Å². The number of hydrogen-bond acceptors (Lipinski definition) is 4. The Kier molecular flexibility index (Phi) is 7.19. The van der Waals surface area contributed by atoms with Crippen LogP contribution in [0.5, 0.6) is 0 Å². The Morgan fingerprint density at radius 3 is 2.29 bits per heavy atom. The summed E-state index contributed by atoms with van der Waals surface area (Å²) in [6.07, 6.45) is 0. The molecule has 0 radical (unpaired) electrons. The van der Waals surface area contributed by atoms with Gasteiger partial charge in [-0.3, -0.25) is 9.52 Å². The van der Waals surface area contributed by atoms with Crippen LogP contribution in [-0.2, 0) is 10.0 Å². The third-order valence-corrected chi connectivity index (χ3v) is 6.76. The Balaban J connectivity index is 1.81. The van der Waals surface area contributed by atoms with Crippen LogP contribution in [-0.4, -0.2) is 20.1 Å². The average molecular weight is 483 g/mol. The van der Waals surface area contributed by atoms with Crippen LogP contribution in [0.3, 0.4) is 0 Å². The molecule has 0 spiro atoms. The van der Waals surface area contributed by atoms with E-state index in [1.54, 1.807) is 43.3 Å². The third-order valence-electron chi connectivity index (χ3n) is 4.19. The Labute approximate surface area is 187 Å². The summed E-state index contributed by atoms with van der Waals surface area (Å²) >= 11 is 6.40. The van der Waals surface area contributed by atoms with Crippen molar-refractivity contribution in [2.75, 3.05) is 10.0 Å². The van der Waals surface area contributed by atoms with Crippen molar-refractivity contribution in [1.82, 2.24) is 0 Å². The molecule has 0 heterocycles. The van der Waals surface area contributed by atoms with Gasteiger partial charge in [0.1, 0.15) is 0 Å². The summed E-state index contributed by atoms with van der Waals surface area (Å²) in [7, 11) is -3.99. The van der Waals surface area contributed by atoms with Gasteiger partial charge in [0.2, 0.25) is 0 Å². The van der Waals surface area contributed by atoms with Crippen molar-refractivity contribution in [2.45, 2.75) is 22.5 Å². The predicted octanol–water partition coefficient (Wildman–Crippen LogP) is 6.02. The number of aryl methyl sites for hydroxylation is 1. The molecule has 3 rings (SSSR count). The van der Waals surface area contributed by atoms with Gasteiger partial charge < -0.3 is 5.32 Å². The summed E-state index contributed by atoms with van der Waals surface area (Å²) < 4.78 is 53.0. The topological polar surface area (TPSA) is 75.3 Å². The molecule has 3 aromatic rings. The minimum atomic E-state index is -3.99. The van der Waals surface area contributed by atoms with Gasteiger partial charge in [-0.15, -0.1) is 0 Å². The van der Waals surface area contributed by atoms with Crippen LogP contribution in [0.1, 0.15) is 15.9 Å². The fraction of sp³-hybridized carbons (Fsp3) is 0.0952. The maximum atomic E-state index is 12.9. The molecule has 0 fully saturated rings. The minimum Gasteiger partial charge on any atom is -0.322 e. The van der Waals surface area contributed by atoms with E-state index in [1.807, 2.05) is 0 Å². The number of benzene rings is 3. The number of halogens is 3. The molecular formula is C21H17ClF2N2O3S2. The van der Waals surface area contributed by atoms with E-state index in [0.717, 1.165) is 0 Å². The summed E-state index contributed by atoms with van der Waals surface area (Å²) in [4.78, 5) is 12.8. The Bertz CT molecular complexity index is 1200. The first kappa shape index (κ1) is 23.1. The Morgan fingerprint density at radius 2 is 1.65 bits per heavy atom. The fourth-order valence-corrected chi connectivity index (χ4v) is 4.78. The molecule has 0 atom stereocenters. The van der Waals surface area contributed by atoms with Gasteiger partial charge in [0.05, 0.1) is 15.5 Å². The number of sulfonamides is 1. The van der Waals surface area contributed by atoms with Gasteiger partial charge in [-0.25, -0.2) is 8.42 Å². The first-order chi connectivity index (χ1) is 14.7. The molecule has 0 bridgehead atoms. The van der Waals surface area contributed by atoms with E-state index < -0.39 is 21.7 Å². The molecule has 0 saturated heterocycles. The van der Waals surface area contributed by atoms with Crippen LogP contribution in [0.2, 0.25) is 5.02 Å². The van der Waals surface area contributed by atoms with Gasteiger partial charge in [-0.05, 0) is 61.0 Å². The lowest BCUT2D eigenvalue weighted by Crippen LogP contribution is -2.16. The SMILES string of the molecule is Cc1ccc(NC(=O)c2ccccc2Cl)cc1S(=O)(=O)Nc1ccc(SC(F)F)cc1. The minimum absolute atomic E-state index is 0.0320. The smallest absolute Gasteiger partial charge is 0.288 e. The molecule has 3 aromatic carbocycles. The Morgan fingerprint density at radius 1 is 1.00 bits per heavy atom. The summed E-state index contributed by atoms with van der Waals surface area (Å²) in [6, 6.07) is 16.6. The predicted molar refractivity (Wildman–Crippen MR) is 120 cm³/mol. The number of hydrogen-bond donors (Lipinski definition) is 2. The molecule has 0 aliphatic heterocycles. The van der Waals surface area contributed by atoms with Crippen LogP contribution in [0.15, 0.2) is 76.5 Å². The second kappa shape index (κ2) is 9.67. The van der Waals surface area contributed by atoms with Crippen molar-refractivity contribution in [3.05, 3.63) is 82.9 Å². The maximum Gasteiger partial charge on any atom is 0.288 e. The van der Waals surface area contributed by atoms with Crippen molar-refractivity contribution < 1.29 is 22.0 Å². The van der Waals surface area contributed by atoms with Gasteiger partial charge >= 0.3 is 0 Å². The lowest BCUT2D eigenvalue weighted by Gasteiger charge is -2.13. The van der Waals surface area contributed by atoms with Crippen molar-refractivity contribution in [3.63, 3.8) is 0 Å². The van der Waals surface area contributed by atoms with Gasteiger partial charge in [0, 0.05) is 16.3 Å². The lowest BCUT2D eigenvalue weighted by molar-refractivity contribution is 0.102. The number of carbonyl (C=O) groups is 1. The van der Waals surface area contributed by atoms with E-state index in [9.17, 15) is 22.0 Å². The number of nitrogens with one attached hydrogen (secondary N) is 2. The van der Waals surface area contributed by atoms with E-state index in [4.69, 9.17) is 11.6 Å². The summed E-state index contributed by atoms with van der Waals surface area (Å²) in [5.74, 6) is -3.04. The number of alkyl halides is 2. The van der Waals surface area contributed by atoms with E-state index in [2.05, 4.69) is 10.0 Å². The molecule has 0 aliphatic carbocycles. The highest BCUT2D eigenvalue weighted by molar-refractivity contribution is 7.99. The molecule has 5 nitrogen and oxygen atoms in total. The van der Waals surface area contributed by atoms with Crippen LogP contribution < -0.4 is 10.0 Å². The monoisotopic (exact) mass is 482 g/mol. The zero-order valence-corrected chi connectivity index (χ0v) is 18.5. The average Bonchev–Trinajstić information content (AvgIpc) is 2.70. The normalized spacial score (nSPS) is 11.4. The number of amides is 1. The first-order valence-corrected chi connectivity index (χ1v) is 11.6. The largest absolute Gasteiger partial charge is 0.322 e. The standard InChI is InChI=1S/C21H17ClF2N2O3S2/c1-13-6-7-15(25-20(27)17-4-2-3-5-18(17)22)12-19(13)31(28,29)26-14-8-10-16(11-9-14)30-21(23)24/h2-12,21,26H,1H3,(H,25,27). The number of carbonyl (C=O) groups excluding carboxylic acids is 1. The molecule has 162 valence electrons. The Hall–Kier alpha value is -2.62. The van der Waals surface area contributed by atoms with Crippen molar-refractivity contribution in [2.24, 2.45) is 0 Å². The molecular weight excluding hydrogens is 466 g/mol. The molecule has 10 heteroatoms. The van der Waals surface area contributed by atoms with E-state index in [1.165, 1.54) is 30.3 Å². The molecule has 31 heavy (non-hydrogen) atoms. The summed E-state index contributed by atoms with van der Waals surface area (Å²) in [5, 5.41) is 2.91. The summed E-state index contributed by atoms with van der Waals surface area (Å²) in [5.41, 5.74) is 1.23. The zero-order valence-electron chi connectivity index (χ0n) is 16.1. The second-order valence-electron chi connectivity index (χ2n) is 6.42. The van der Waals surface area contributed by atoms with Gasteiger partial charge in [0.25, 0.3) is 21.7 Å². The third kappa shape index (κ3) is 5.96. The van der Waals surface area contributed by atoms with Crippen molar-refractivity contribution >= 4 is 50.7 Å². The van der Waals surface area contributed by atoms with Crippen LogP contribution >= 0.6 is 23.4 Å². The van der Waals surface area contributed by atoms with Crippen LogP contribution in [0, 0.1) is 6.92 Å². The summed E-state index contributed by atoms with van der Waals surface area (Å²) in [6.45, 7) is 1.62. The molecule has 1 amide bonds. The molecule has 0 saturated carbocycles. The molecule has 2 N–H and O–H groups in total. The molecule has 0 aliphatic rings. The molecule has 0 aromatic heterocycles. The highest BCUT2D eigenvalue weighted by Gasteiger charge is 2.19. The van der Waals surface area contributed by atoms with Gasteiger partial charge in [0.15, 0.2) is 0 Å². The number of rotatable bonds is 7. The molecule has 0 unspecified atom stereocenters. The second-order valence-corrected chi connectivity index (χ2v) is 9.54. The van der Waals surface area contributed by atoms with Gasteiger partial charge in [-0.1, -0.05) is 41.6 Å². The number of thioether (sulfide) groups is 1. The van der Waals surface area contributed by atoms with E-state index in [0.29, 0.717) is 22.2 Å².